The van der Waals surface area contributed by atoms with Gasteiger partial charge in [-0.05, 0) is 62.6 Å². The van der Waals surface area contributed by atoms with Crippen LogP contribution in [0.3, 0.4) is 0 Å². The summed E-state index contributed by atoms with van der Waals surface area (Å²) in [5.74, 6) is -4.50. The summed E-state index contributed by atoms with van der Waals surface area (Å²) in [6.45, 7) is 7.11. The molecule has 8 nitrogen and oxygen atoms in total. The summed E-state index contributed by atoms with van der Waals surface area (Å²) in [6, 6.07) is 0. The summed E-state index contributed by atoms with van der Waals surface area (Å²) in [7, 11) is 0. The van der Waals surface area contributed by atoms with Gasteiger partial charge < -0.3 is 19.3 Å². The molecule has 32 heavy (non-hydrogen) atoms. The molecule has 170 valence electrons. The molecule has 1 aromatic rings. The second-order valence-electron chi connectivity index (χ2n) is 8.81. The Morgan fingerprint density at radius 1 is 0.938 bits per heavy atom. The number of hydrogen-bond acceptors (Lipinski definition) is 7. The van der Waals surface area contributed by atoms with Crippen molar-refractivity contribution in [1.82, 2.24) is 0 Å². The van der Waals surface area contributed by atoms with E-state index >= 15 is 0 Å². The van der Waals surface area contributed by atoms with E-state index in [0.29, 0.717) is 29.5 Å². The SMILES string of the molecule is Cc1c(C)c(OC(=O)C2C3C=CC(C3)C2C(=O)OC2CCOC2=O)c(C)c(C(=O)O)c1C. The third-order valence-electron chi connectivity index (χ3n) is 7.12. The zero-order chi connectivity index (χ0) is 23.3. The molecule has 1 saturated heterocycles. The quantitative estimate of drug-likeness (QED) is 0.420. The average molecular weight is 442 g/mol. The largest absolute Gasteiger partial charge is 0.478 e. The van der Waals surface area contributed by atoms with E-state index in [1.54, 1.807) is 27.7 Å². The summed E-state index contributed by atoms with van der Waals surface area (Å²) in [6.07, 6.45) is 3.80. The number of allylic oxidation sites excluding steroid dienone is 2. The molecule has 2 aliphatic carbocycles. The first-order valence-corrected chi connectivity index (χ1v) is 10.7. The number of carbonyl (C=O) groups excluding carboxylic acids is 3. The average Bonchev–Trinajstić information content (AvgIpc) is 3.46. The molecule has 1 aliphatic heterocycles. The maximum Gasteiger partial charge on any atom is 0.347 e. The zero-order valence-corrected chi connectivity index (χ0v) is 18.5. The van der Waals surface area contributed by atoms with Gasteiger partial charge in [-0.3, -0.25) is 9.59 Å². The first-order chi connectivity index (χ1) is 15.1. The van der Waals surface area contributed by atoms with Crippen LogP contribution in [0.1, 0.15) is 45.5 Å². The topological polar surface area (TPSA) is 116 Å². The maximum atomic E-state index is 13.3. The monoisotopic (exact) mass is 442 g/mol. The molecule has 0 amide bonds. The van der Waals surface area contributed by atoms with Crippen LogP contribution in [0.5, 0.6) is 5.75 Å². The normalized spacial score (nSPS) is 28.0. The smallest absolute Gasteiger partial charge is 0.347 e. The molecule has 1 heterocycles. The molecule has 1 aromatic carbocycles. The number of carboxylic acid groups (broad SMARTS) is 1. The molecule has 2 fully saturated rings. The van der Waals surface area contributed by atoms with Crippen LogP contribution in [0.4, 0.5) is 0 Å². The third kappa shape index (κ3) is 3.47. The number of carboxylic acids is 1. The minimum atomic E-state index is -1.09. The molecule has 4 rings (SSSR count). The number of esters is 3. The van der Waals surface area contributed by atoms with Gasteiger partial charge in [-0.15, -0.1) is 0 Å². The van der Waals surface area contributed by atoms with Crippen LogP contribution in [0.25, 0.3) is 0 Å². The molecular formula is C24H26O8. The molecule has 5 unspecified atom stereocenters. The predicted octanol–water partition coefficient (Wildman–Crippen LogP) is 2.82. The molecule has 5 atom stereocenters. The first kappa shape index (κ1) is 22.0. The van der Waals surface area contributed by atoms with Crippen molar-refractivity contribution in [3.05, 3.63) is 40.0 Å². The van der Waals surface area contributed by atoms with Gasteiger partial charge in [0.15, 0.2) is 0 Å². The van der Waals surface area contributed by atoms with Gasteiger partial charge in [0.05, 0.1) is 24.0 Å². The summed E-state index contributed by atoms with van der Waals surface area (Å²) in [4.78, 5) is 49.7. The first-order valence-electron chi connectivity index (χ1n) is 10.7. The van der Waals surface area contributed by atoms with Crippen LogP contribution >= 0.6 is 0 Å². The number of ether oxygens (including phenoxy) is 3. The van der Waals surface area contributed by atoms with Crippen LogP contribution < -0.4 is 4.74 Å². The van der Waals surface area contributed by atoms with Crippen LogP contribution in [-0.2, 0) is 23.9 Å². The van der Waals surface area contributed by atoms with Gasteiger partial charge in [-0.25, -0.2) is 9.59 Å². The summed E-state index contributed by atoms with van der Waals surface area (Å²) in [5, 5.41) is 9.64. The number of benzene rings is 1. The van der Waals surface area contributed by atoms with Gasteiger partial charge in [-0.1, -0.05) is 12.2 Å². The number of carbonyl (C=O) groups is 4. The lowest BCUT2D eigenvalue weighted by Crippen LogP contribution is -2.38. The summed E-state index contributed by atoms with van der Waals surface area (Å²) >= 11 is 0. The lowest BCUT2D eigenvalue weighted by Gasteiger charge is -2.26. The van der Waals surface area contributed by atoms with E-state index in [-0.39, 0.29) is 29.8 Å². The van der Waals surface area contributed by atoms with E-state index in [2.05, 4.69) is 0 Å². The van der Waals surface area contributed by atoms with Crippen molar-refractivity contribution in [2.24, 2.45) is 23.7 Å². The Labute approximate surface area is 185 Å². The fourth-order valence-electron chi connectivity index (χ4n) is 5.23. The Morgan fingerprint density at radius 3 is 2.12 bits per heavy atom. The van der Waals surface area contributed by atoms with Crippen molar-refractivity contribution in [1.29, 1.82) is 0 Å². The molecule has 0 spiro atoms. The van der Waals surface area contributed by atoms with Crippen molar-refractivity contribution in [3.63, 3.8) is 0 Å². The van der Waals surface area contributed by atoms with E-state index in [1.807, 2.05) is 12.2 Å². The van der Waals surface area contributed by atoms with Gasteiger partial charge in [0, 0.05) is 12.0 Å². The highest BCUT2D eigenvalue weighted by Crippen LogP contribution is 2.49. The molecule has 2 bridgehead atoms. The molecule has 1 N–H and O–H groups in total. The van der Waals surface area contributed by atoms with Crippen molar-refractivity contribution in [2.45, 2.75) is 46.6 Å². The lowest BCUT2D eigenvalue weighted by atomic mass is 9.83. The van der Waals surface area contributed by atoms with E-state index in [4.69, 9.17) is 14.2 Å². The minimum absolute atomic E-state index is 0.111. The molecule has 1 saturated carbocycles. The highest BCUT2D eigenvalue weighted by atomic mass is 16.6. The van der Waals surface area contributed by atoms with Crippen LogP contribution in [0, 0.1) is 51.4 Å². The highest BCUT2D eigenvalue weighted by Gasteiger charge is 2.54. The fraction of sp³-hybridized carbons (Fsp3) is 0.500. The van der Waals surface area contributed by atoms with Gasteiger partial charge >= 0.3 is 23.9 Å². The number of hydrogen-bond donors (Lipinski definition) is 1. The summed E-state index contributed by atoms with van der Waals surface area (Å²) < 4.78 is 16.0. The van der Waals surface area contributed by atoms with Gasteiger partial charge in [0.1, 0.15) is 5.75 Å². The van der Waals surface area contributed by atoms with E-state index < -0.39 is 41.8 Å². The molecule has 0 aromatic heterocycles. The molecule has 0 radical (unpaired) electrons. The van der Waals surface area contributed by atoms with Crippen molar-refractivity contribution < 1.29 is 38.5 Å². The second kappa shape index (κ2) is 8.07. The Hall–Kier alpha value is -3.16. The highest BCUT2D eigenvalue weighted by molar-refractivity contribution is 5.94. The number of aromatic carboxylic acids is 1. The van der Waals surface area contributed by atoms with Gasteiger partial charge in [-0.2, -0.15) is 0 Å². The molecule has 8 heteroatoms. The van der Waals surface area contributed by atoms with E-state index in [0.717, 1.165) is 5.56 Å². The third-order valence-corrected chi connectivity index (χ3v) is 7.12. The summed E-state index contributed by atoms with van der Waals surface area (Å²) in [5.41, 5.74) is 2.53. The van der Waals surface area contributed by atoms with Crippen molar-refractivity contribution in [2.75, 3.05) is 6.61 Å². The van der Waals surface area contributed by atoms with Crippen LogP contribution in [0.15, 0.2) is 12.2 Å². The van der Waals surface area contributed by atoms with Crippen molar-refractivity contribution in [3.8, 4) is 5.75 Å². The molecule has 3 aliphatic rings. The number of cyclic esters (lactones) is 1. The van der Waals surface area contributed by atoms with E-state index in [9.17, 15) is 24.3 Å². The van der Waals surface area contributed by atoms with Crippen LogP contribution in [-0.4, -0.2) is 41.7 Å². The second-order valence-corrected chi connectivity index (χ2v) is 8.81. The minimum Gasteiger partial charge on any atom is -0.478 e. The lowest BCUT2D eigenvalue weighted by molar-refractivity contribution is -0.167. The maximum absolute atomic E-state index is 13.3. The Bertz CT molecular complexity index is 1050. The van der Waals surface area contributed by atoms with E-state index in [1.165, 1.54) is 0 Å². The zero-order valence-electron chi connectivity index (χ0n) is 18.5. The Balaban J connectivity index is 1.61. The fourth-order valence-corrected chi connectivity index (χ4v) is 5.23. The Morgan fingerprint density at radius 2 is 1.56 bits per heavy atom. The number of fused-ring (bicyclic) bond motifs is 2. The van der Waals surface area contributed by atoms with Crippen molar-refractivity contribution >= 4 is 23.9 Å². The standard InChI is InChI=1S/C24H26O8/c1-10-11(2)17(21(25)26)13(4)20(12(10)3)32-24(29)19-15-6-5-14(9-15)18(19)23(28)31-16-7-8-30-22(16)27/h5-6,14-16,18-19H,7-9H2,1-4H3,(H,25,26). The number of rotatable bonds is 5. The van der Waals surface area contributed by atoms with Crippen LogP contribution in [0.2, 0.25) is 0 Å². The van der Waals surface area contributed by atoms with Gasteiger partial charge in [0.25, 0.3) is 0 Å². The van der Waals surface area contributed by atoms with Gasteiger partial charge in [0.2, 0.25) is 6.10 Å². The Kier molecular flexibility index (Phi) is 5.56. The molecular weight excluding hydrogens is 416 g/mol. The predicted molar refractivity (Wildman–Crippen MR) is 111 cm³/mol.